The van der Waals surface area contributed by atoms with E-state index < -0.39 is 5.60 Å². The predicted molar refractivity (Wildman–Crippen MR) is 129 cm³/mol. The molecule has 1 aliphatic carbocycles. The van der Waals surface area contributed by atoms with Crippen LogP contribution in [0.2, 0.25) is 5.02 Å². The summed E-state index contributed by atoms with van der Waals surface area (Å²) in [5.41, 5.74) is 3.36. The zero-order chi connectivity index (χ0) is 22.3. The number of carbonyl (C=O) groups is 1. The third-order valence-corrected chi connectivity index (χ3v) is 7.02. The molecule has 0 N–H and O–H groups in total. The Morgan fingerprint density at radius 1 is 0.812 bits per heavy atom. The van der Waals surface area contributed by atoms with Crippen molar-refractivity contribution in [3.63, 3.8) is 0 Å². The van der Waals surface area contributed by atoms with Gasteiger partial charge in [-0.1, -0.05) is 98.2 Å². The molecule has 0 amide bonds. The molecule has 5 rings (SSSR count). The van der Waals surface area contributed by atoms with Crippen LogP contribution in [0.4, 0.5) is 0 Å². The quantitative estimate of drug-likeness (QED) is 0.421. The molecule has 1 aliphatic heterocycles. The van der Waals surface area contributed by atoms with Crippen molar-refractivity contribution in [3.8, 4) is 0 Å². The molecule has 3 aromatic rings. The van der Waals surface area contributed by atoms with Crippen LogP contribution >= 0.6 is 11.6 Å². The van der Waals surface area contributed by atoms with E-state index in [0.29, 0.717) is 17.9 Å². The standard InChI is InChI=1S/C29H27ClO2/c1-28(2)18-25(31)27-24(20-13-15-23(30)16-14-20)17-29(32-26(27)19-28,21-9-5-3-6-10-21)22-11-7-4-8-12-22/h3-16,24H,17-19H2,1-2H3. The summed E-state index contributed by atoms with van der Waals surface area (Å²) < 4.78 is 6.96. The number of halogens is 1. The van der Waals surface area contributed by atoms with E-state index in [0.717, 1.165) is 34.4 Å². The Bertz CT molecular complexity index is 1120. The number of rotatable bonds is 3. The van der Waals surface area contributed by atoms with E-state index in [2.05, 4.69) is 74.5 Å². The molecule has 1 atom stereocenters. The Morgan fingerprint density at radius 2 is 1.38 bits per heavy atom. The van der Waals surface area contributed by atoms with Gasteiger partial charge in [0.25, 0.3) is 0 Å². The zero-order valence-electron chi connectivity index (χ0n) is 18.5. The van der Waals surface area contributed by atoms with E-state index in [1.54, 1.807) is 0 Å². The van der Waals surface area contributed by atoms with Gasteiger partial charge in [0.2, 0.25) is 0 Å². The molecule has 0 aromatic heterocycles. The topological polar surface area (TPSA) is 26.3 Å². The second kappa shape index (κ2) is 7.94. The molecule has 0 radical (unpaired) electrons. The first-order valence-corrected chi connectivity index (χ1v) is 11.6. The highest BCUT2D eigenvalue weighted by Gasteiger charge is 2.49. The highest BCUT2D eigenvalue weighted by molar-refractivity contribution is 6.30. The fraction of sp³-hybridized carbons (Fsp3) is 0.276. The van der Waals surface area contributed by atoms with Gasteiger partial charge in [0, 0.05) is 35.8 Å². The minimum atomic E-state index is -0.667. The fourth-order valence-electron chi connectivity index (χ4n) is 5.31. The highest BCUT2D eigenvalue weighted by Crippen LogP contribution is 2.54. The van der Waals surface area contributed by atoms with Gasteiger partial charge in [0.1, 0.15) is 5.76 Å². The fourth-order valence-corrected chi connectivity index (χ4v) is 5.44. The first-order valence-electron chi connectivity index (χ1n) is 11.2. The average Bonchev–Trinajstić information content (AvgIpc) is 2.79. The van der Waals surface area contributed by atoms with Crippen molar-refractivity contribution >= 4 is 17.4 Å². The highest BCUT2D eigenvalue weighted by atomic mass is 35.5. The lowest BCUT2D eigenvalue weighted by Crippen LogP contribution is -2.42. The Hall–Kier alpha value is -2.84. The lowest BCUT2D eigenvalue weighted by atomic mass is 9.66. The van der Waals surface area contributed by atoms with Crippen LogP contribution in [0, 0.1) is 5.41 Å². The average molecular weight is 443 g/mol. The van der Waals surface area contributed by atoms with Crippen LogP contribution in [-0.4, -0.2) is 5.78 Å². The number of carbonyl (C=O) groups excluding carboxylic acids is 1. The van der Waals surface area contributed by atoms with E-state index in [-0.39, 0.29) is 17.1 Å². The van der Waals surface area contributed by atoms with Crippen LogP contribution in [0.15, 0.2) is 96.3 Å². The molecule has 1 heterocycles. The SMILES string of the molecule is CC1(C)CC(=O)C2=C(C1)OC(c1ccccc1)(c1ccccc1)CC2c1ccc(Cl)cc1. The van der Waals surface area contributed by atoms with Crippen molar-refractivity contribution < 1.29 is 9.53 Å². The molecule has 0 saturated carbocycles. The summed E-state index contributed by atoms with van der Waals surface area (Å²) in [6.45, 7) is 4.30. The van der Waals surface area contributed by atoms with Crippen molar-refractivity contribution in [2.24, 2.45) is 5.41 Å². The number of ether oxygens (including phenoxy) is 1. The minimum absolute atomic E-state index is 0.0555. The van der Waals surface area contributed by atoms with Crippen molar-refractivity contribution in [1.82, 2.24) is 0 Å². The number of ketones is 1. The number of allylic oxidation sites excluding steroid dienone is 2. The number of hydrogen-bond donors (Lipinski definition) is 0. The summed E-state index contributed by atoms with van der Waals surface area (Å²) in [5, 5.41) is 0.698. The summed E-state index contributed by atoms with van der Waals surface area (Å²) in [6, 6.07) is 28.7. The summed E-state index contributed by atoms with van der Waals surface area (Å²) >= 11 is 6.20. The summed E-state index contributed by atoms with van der Waals surface area (Å²) in [6.07, 6.45) is 1.95. The van der Waals surface area contributed by atoms with Crippen LogP contribution in [-0.2, 0) is 15.1 Å². The van der Waals surface area contributed by atoms with Crippen molar-refractivity contribution in [2.45, 2.75) is 44.6 Å². The zero-order valence-corrected chi connectivity index (χ0v) is 19.2. The van der Waals surface area contributed by atoms with Crippen LogP contribution in [0.1, 0.15) is 55.7 Å². The lowest BCUT2D eigenvalue weighted by molar-refractivity contribution is -0.121. The number of Topliss-reactive ketones (excluding diaryl/α,β-unsaturated/α-hetero) is 1. The predicted octanol–water partition coefficient (Wildman–Crippen LogP) is 7.43. The maximum absolute atomic E-state index is 13.4. The largest absolute Gasteiger partial charge is 0.482 e. The van der Waals surface area contributed by atoms with Gasteiger partial charge in [0.05, 0.1) is 0 Å². The van der Waals surface area contributed by atoms with Crippen LogP contribution < -0.4 is 0 Å². The van der Waals surface area contributed by atoms with Gasteiger partial charge < -0.3 is 4.74 Å². The lowest BCUT2D eigenvalue weighted by Gasteiger charge is -2.47. The van der Waals surface area contributed by atoms with E-state index in [1.807, 2.05) is 24.3 Å². The Morgan fingerprint density at radius 3 is 1.94 bits per heavy atom. The van der Waals surface area contributed by atoms with Gasteiger partial charge >= 0.3 is 0 Å². The normalized spacial score (nSPS) is 21.6. The minimum Gasteiger partial charge on any atom is -0.482 e. The van der Waals surface area contributed by atoms with E-state index >= 15 is 0 Å². The van der Waals surface area contributed by atoms with E-state index in [9.17, 15) is 4.79 Å². The number of hydrogen-bond acceptors (Lipinski definition) is 2. The molecule has 0 saturated heterocycles. The van der Waals surface area contributed by atoms with Gasteiger partial charge in [-0.15, -0.1) is 0 Å². The molecule has 2 nitrogen and oxygen atoms in total. The molecule has 2 aliphatic rings. The van der Waals surface area contributed by atoms with Gasteiger partial charge in [-0.25, -0.2) is 0 Å². The molecule has 3 heteroatoms. The molecule has 0 bridgehead atoms. The molecule has 162 valence electrons. The van der Waals surface area contributed by atoms with Crippen molar-refractivity contribution in [1.29, 1.82) is 0 Å². The first kappa shape index (κ1) is 21.0. The van der Waals surface area contributed by atoms with Crippen LogP contribution in [0.3, 0.4) is 0 Å². The number of benzene rings is 3. The summed E-state index contributed by atoms with van der Waals surface area (Å²) in [4.78, 5) is 13.4. The molecule has 0 fully saturated rings. The third-order valence-electron chi connectivity index (χ3n) is 6.77. The Kier molecular flexibility index (Phi) is 5.22. The van der Waals surface area contributed by atoms with Gasteiger partial charge in [-0.05, 0) is 34.2 Å². The third kappa shape index (κ3) is 3.67. The monoisotopic (exact) mass is 442 g/mol. The van der Waals surface area contributed by atoms with Gasteiger partial charge in [0.15, 0.2) is 11.4 Å². The van der Waals surface area contributed by atoms with Gasteiger partial charge in [-0.3, -0.25) is 4.79 Å². The maximum Gasteiger partial charge on any atom is 0.163 e. The van der Waals surface area contributed by atoms with Crippen LogP contribution in [0.25, 0.3) is 0 Å². The van der Waals surface area contributed by atoms with E-state index in [4.69, 9.17) is 16.3 Å². The molecule has 3 aromatic carbocycles. The van der Waals surface area contributed by atoms with Gasteiger partial charge in [-0.2, -0.15) is 0 Å². The second-order valence-corrected chi connectivity index (χ2v) is 10.2. The van der Waals surface area contributed by atoms with E-state index in [1.165, 1.54) is 0 Å². The molecular weight excluding hydrogens is 416 g/mol. The molecular formula is C29H27ClO2. The smallest absolute Gasteiger partial charge is 0.163 e. The van der Waals surface area contributed by atoms with Crippen molar-refractivity contribution in [2.75, 3.05) is 0 Å². The molecule has 0 spiro atoms. The maximum atomic E-state index is 13.4. The molecule has 1 unspecified atom stereocenters. The first-order chi connectivity index (χ1) is 15.4. The Balaban J connectivity index is 1.75. The second-order valence-electron chi connectivity index (χ2n) is 9.75. The summed E-state index contributed by atoms with van der Waals surface area (Å²) in [7, 11) is 0. The summed E-state index contributed by atoms with van der Waals surface area (Å²) in [5.74, 6) is 0.983. The molecule has 32 heavy (non-hydrogen) atoms. The van der Waals surface area contributed by atoms with Crippen molar-refractivity contribution in [3.05, 3.63) is 118 Å². The van der Waals surface area contributed by atoms with Crippen LogP contribution in [0.5, 0.6) is 0 Å². The Labute approximate surface area is 194 Å².